The predicted molar refractivity (Wildman–Crippen MR) is 116 cm³/mol. The number of anilines is 1. The van der Waals surface area contributed by atoms with E-state index in [4.69, 9.17) is 12.2 Å². The number of hydrogen-bond acceptors (Lipinski definition) is 2. The van der Waals surface area contributed by atoms with E-state index in [-0.39, 0.29) is 0 Å². The van der Waals surface area contributed by atoms with E-state index in [0.29, 0.717) is 0 Å². The molecule has 2 fully saturated rings. The van der Waals surface area contributed by atoms with Gasteiger partial charge in [0.25, 0.3) is 0 Å². The van der Waals surface area contributed by atoms with Crippen LogP contribution in [0.5, 0.6) is 0 Å². The summed E-state index contributed by atoms with van der Waals surface area (Å²) >= 11 is 5.56. The molecule has 0 aliphatic heterocycles. The fourth-order valence-corrected chi connectivity index (χ4v) is 4.98. The fraction of sp³-hybridized carbons (Fsp3) is 0.682. The van der Waals surface area contributed by atoms with E-state index in [1.807, 2.05) is 0 Å². The topological polar surface area (TPSA) is 27.3 Å². The van der Waals surface area contributed by atoms with Crippen LogP contribution in [0.25, 0.3) is 0 Å². The Labute approximate surface area is 164 Å². The molecule has 0 atom stereocenters. The molecule has 144 valence electrons. The Morgan fingerprint density at radius 3 is 2.08 bits per heavy atom. The van der Waals surface area contributed by atoms with Crippen molar-refractivity contribution in [2.24, 2.45) is 0 Å². The maximum Gasteiger partial charge on any atom is 0.170 e. The lowest BCUT2D eigenvalue weighted by Crippen LogP contribution is -2.47. The van der Waals surface area contributed by atoms with Gasteiger partial charge in [0, 0.05) is 30.9 Å². The van der Waals surface area contributed by atoms with E-state index in [9.17, 15) is 0 Å². The van der Waals surface area contributed by atoms with Crippen molar-refractivity contribution in [1.29, 1.82) is 0 Å². The number of aryl methyl sites for hydroxylation is 2. The first-order valence-electron chi connectivity index (χ1n) is 10.5. The largest absolute Gasteiger partial charge is 0.361 e. The number of rotatable bonds is 6. The van der Waals surface area contributed by atoms with Gasteiger partial charge in [-0.15, -0.1) is 0 Å². The summed E-state index contributed by atoms with van der Waals surface area (Å²) in [4.78, 5) is 2.82. The normalized spacial score (nSPS) is 19.0. The minimum atomic E-state index is 0.748. The van der Waals surface area contributed by atoms with E-state index >= 15 is 0 Å². The van der Waals surface area contributed by atoms with E-state index in [1.54, 1.807) is 0 Å². The molecule has 2 N–H and O–H groups in total. The number of thiocarbonyl (C=S) groups is 1. The first kappa shape index (κ1) is 19.6. The summed E-state index contributed by atoms with van der Waals surface area (Å²) in [6, 6.07) is 7.95. The predicted octanol–water partition coefficient (Wildman–Crippen LogP) is 5.17. The Balaban J connectivity index is 1.51. The van der Waals surface area contributed by atoms with Crippen LogP contribution in [-0.4, -0.2) is 35.2 Å². The van der Waals surface area contributed by atoms with Crippen molar-refractivity contribution in [2.75, 3.05) is 18.4 Å². The standard InChI is InChI=1S/C22H35N3S/c1-17-9-8-10-18(2)21(17)24-22(26)23-15-16-25(20-13-6-7-14-20)19-11-4-3-5-12-19/h8-10,19-20H,3-7,11-16H2,1-2H3,(H2,23,24,26). The molecule has 3 rings (SSSR count). The van der Waals surface area contributed by atoms with Crippen molar-refractivity contribution in [2.45, 2.75) is 83.7 Å². The minimum absolute atomic E-state index is 0.748. The number of nitrogens with zero attached hydrogens (tertiary/aromatic N) is 1. The van der Waals surface area contributed by atoms with Crippen LogP contribution in [0.3, 0.4) is 0 Å². The molecule has 3 nitrogen and oxygen atoms in total. The number of para-hydroxylation sites is 1. The van der Waals surface area contributed by atoms with Crippen LogP contribution in [0.15, 0.2) is 18.2 Å². The lowest BCUT2D eigenvalue weighted by Gasteiger charge is -2.38. The van der Waals surface area contributed by atoms with Gasteiger partial charge in [-0.1, -0.05) is 50.3 Å². The second-order valence-electron chi connectivity index (χ2n) is 8.12. The zero-order valence-corrected chi connectivity index (χ0v) is 17.3. The number of benzene rings is 1. The molecule has 0 unspecified atom stereocenters. The summed E-state index contributed by atoms with van der Waals surface area (Å²) in [5.74, 6) is 0. The van der Waals surface area contributed by atoms with Gasteiger partial charge in [0.15, 0.2) is 5.11 Å². The van der Waals surface area contributed by atoms with Gasteiger partial charge in [-0.25, -0.2) is 0 Å². The van der Waals surface area contributed by atoms with Crippen molar-refractivity contribution in [1.82, 2.24) is 10.2 Å². The quantitative estimate of drug-likeness (QED) is 0.673. The average Bonchev–Trinajstić information content (AvgIpc) is 3.17. The highest BCUT2D eigenvalue weighted by molar-refractivity contribution is 7.80. The molecule has 0 amide bonds. The van der Waals surface area contributed by atoms with Crippen molar-refractivity contribution >= 4 is 23.0 Å². The molecule has 0 aromatic heterocycles. The van der Waals surface area contributed by atoms with Crippen LogP contribution in [0, 0.1) is 13.8 Å². The van der Waals surface area contributed by atoms with E-state index < -0.39 is 0 Å². The molecule has 2 saturated carbocycles. The van der Waals surface area contributed by atoms with Crippen LogP contribution in [-0.2, 0) is 0 Å². The van der Waals surface area contributed by atoms with Crippen molar-refractivity contribution in [3.63, 3.8) is 0 Å². The van der Waals surface area contributed by atoms with Crippen molar-refractivity contribution in [3.8, 4) is 0 Å². The maximum absolute atomic E-state index is 5.56. The molecule has 2 aliphatic carbocycles. The zero-order valence-electron chi connectivity index (χ0n) is 16.5. The summed E-state index contributed by atoms with van der Waals surface area (Å²) in [6.45, 7) is 6.30. The molecule has 0 saturated heterocycles. The van der Waals surface area contributed by atoms with E-state index in [2.05, 4.69) is 47.6 Å². The fourth-order valence-electron chi connectivity index (χ4n) is 4.78. The van der Waals surface area contributed by atoms with Crippen LogP contribution in [0.1, 0.15) is 68.9 Å². The van der Waals surface area contributed by atoms with Gasteiger partial charge in [-0.05, 0) is 62.9 Å². The lowest BCUT2D eigenvalue weighted by molar-refractivity contribution is 0.108. The van der Waals surface area contributed by atoms with Crippen LogP contribution in [0.4, 0.5) is 5.69 Å². The molecule has 26 heavy (non-hydrogen) atoms. The summed E-state index contributed by atoms with van der Waals surface area (Å²) in [5.41, 5.74) is 3.62. The second kappa shape index (κ2) is 9.70. The first-order chi connectivity index (χ1) is 12.6. The van der Waals surface area contributed by atoms with Gasteiger partial charge in [-0.3, -0.25) is 4.90 Å². The molecule has 1 aromatic carbocycles. The molecule has 1 aromatic rings. The Bertz CT molecular complexity index is 569. The third-order valence-corrected chi connectivity index (χ3v) is 6.46. The van der Waals surface area contributed by atoms with Crippen molar-refractivity contribution < 1.29 is 0 Å². The molecule has 0 heterocycles. The molecule has 0 spiro atoms. The highest BCUT2D eigenvalue weighted by Gasteiger charge is 2.29. The van der Waals surface area contributed by atoms with Crippen LogP contribution < -0.4 is 10.6 Å². The van der Waals surface area contributed by atoms with Gasteiger partial charge in [-0.2, -0.15) is 0 Å². The highest BCUT2D eigenvalue weighted by atomic mass is 32.1. The molecular formula is C22H35N3S. The number of nitrogens with one attached hydrogen (secondary N) is 2. The molecular weight excluding hydrogens is 338 g/mol. The summed E-state index contributed by atoms with van der Waals surface area (Å²) in [6.07, 6.45) is 12.6. The Morgan fingerprint density at radius 1 is 0.962 bits per heavy atom. The lowest BCUT2D eigenvalue weighted by atomic mass is 9.93. The Morgan fingerprint density at radius 2 is 1.50 bits per heavy atom. The van der Waals surface area contributed by atoms with Gasteiger partial charge < -0.3 is 10.6 Å². The third kappa shape index (κ3) is 5.20. The summed E-state index contributed by atoms with van der Waals surface area (Å²) < 4.78 is 0. The summed E-state index contributed by atoms with van der Waals surface area (Å²) in [7, 11) is 0. The Hall–Kier alpha value is -1.13. The van der Waals surface area contributed by atoms with Crippen LogP contribution in [0.2, 0.25) is 0 Å². The van der Waals surface area contributed by atoms with Gasteiger partial charge >= 0.3 is 0 Å². The van der Waals surface area contributed by atoms with Crippen molar-refractivity contribution in [3.05, 3.63) is 29.3 Å². The average molecular weight is 374 g/mol. The molecule has 2 aliphatic rings. The smallest absolute Gasteiger partial charge is 0.170 e. The molecule has 4 heteroatoms. The number of hydrogen-bond donors (Lipinski definition) is 2. The highest BCUT2D eigenvalue weighted by Crippen LogP contribution is 2.30. The van der Waals surface area contributed by atoms with E-state index in [0.717, 1.165) is 36.0 Å². The monoisotopic (exact) mass is 373 g/mol. The third-order valence-electron chi connectivity index (χ3n) is 6.21. The molecule has 0 radical (unpaired) electrons. The first-order valence-corrected chi connectivity index (χ1v) is 10.9. The maximum atomic E-state index is 5.56. The van der Waals surface area contributed by atoms with Crippen LogP contribution >= 0.6 is 12.2 Å². The SMILES string of the molecule is Cc1cccc(C)c1NC(=S)NCCN(C1CCCCC1)C1CCCC1. The minimum Gasteiger partial charge on any atom is -0.361 e. The molecule has 0 bridgehead atoms. The van der Waals surface area contributed by atoms with E-state index in [1.165, 1.54) is 68.9 Å². The zero-order chi connectivity index (χ0) is 18.4. The van der Waals surface area contributed by atoms with Gasteiger partial charge in [0.05, 0.1) is 0 Å². The summed E-state index contributed by atoms with van der Waals surface area (Å²) in [5, 5.41) is 7.61. The second-order valence-corrected chi connectivity index (χ2v) is 8.52. The van der Waals surface area contributed by atoms with Gasteiger partial charge in [0.2, 0.25) is 0 Å². The van der Waals surface area contributed by atoms with Gasteiger partial charge in [0.1, 0.15) is 0 Å². The Kier molecular flexibility index (Phi) is 7.32.